The Morgan fingerprint density at radius 2 is 2.19 bits per heavy atom. The minimum absolute atomic E-state index is 0.257. The second kappa shape index (κ2) is 7.64. The van der Waals surface area contributed by atoms with Crippen molar-refractivity contribution >= 4 is 18.0 Å². The highest BCUT2D eigenvalue weighted by Gasteiger charge is 2.05. The topological polar surface area (TPSA) is 81.4 Å². The summed E-state index contributed by atoms with van der Waals surface area (Å²) >= 11 is 0. The Kier molecular flexibility index (Phi) is 5.28. The van der Waals surface area contributed by atoms with Crippen LogP contribution in [0.3, 0.4) is 0 Å². The van der Waals surface area contributed by atoms with Gasteiger partial charge in [-0.25, -0.2) is 4.79 Å². The van der Waals surface area contributed by atoms with Crippen LogP contribution in [0.25, 0.3) is 6.08 Å². The van der Waals surface area contributed by atoms with Crippen molar-refractivity contribution in [2.24, 2.45) is 0 Å². The number of furan rings is 1. The molecule has 1 N–H and O–H groups in total. The lowest BCUT2D eigenvalue weighted by molar-refractivity contribution is -0.143. The highest BCUT2D eigenvalue weighted by molar-refractivity contribution is 5.88. The quantitative estimate of drug-likeness (QED) is 0.643. The van der Waals surface area contributed by atoms with Crippen LogP contribution in [-0.4, -0.2) is 23.5 Å². The van der Waals surface area contributed by atoms with Gasteiger partial charge < -0.3 is 14.5 Å². The van der Waals surface area contributed by atoms with E-state index in [1.54, 1.807) is 36.5 Å². The summed E-state index contributed by atoms with van der Waals surface area (Å²) in [6.45, 7) is -0.0841. The first-order valence-electron chi connectivity index (χ1n) is 6.29. The molecule has 0 saturated carbocycles. The number of nitrogens with zero attached hydrogens (tertiary/aromatic N) is 1. The molecular weight excluding hydrogens is 272 g/mol. The number of esters is 1. The van der Waals surface area contributed by atoms with Crippen molar-refractivity contribution in [2.75, 3.05) is 6.61 Å². The van der Waals surface area contributed by atoms with E-state index in [1.807, 2.05) is 0 Å². The van der Waals surface area contributed by atoms with Crippen LogP contribution in [0.15, 0.2) is 53.3 Å². The van der Waals surface area contributed by atoms with Crippen LogP contribution in [0.1, 0.15) is 11.5 Å². The summed E-state index contributed by atoms with van der Waals surface area (Å²) in [6, 6.07) is 8.80. The summed E-state index contributed by atoms with van der Waals surface area (Å²) in [5.74, 6) is -0.371. The summed E-state index contributed by atoms with van der Waals surface area (Å²) in [6.07, 6.45) is 5.88. The molecule has 6 nitrogen and oxygen atoms in total. The number of ether oxygens (including phenoxy) is 1. The maximum absolute atomic E-state index is 11.5. The highest BCUT2D eigenvalue weighted by atomic mass is 16.5. The zero-order valence-electron chi connectivity index (χ0n) is 11.2. The molecule has 0 fully saturated rings. The van der Waals surface area contributed by atoms with Crippen molar-refractivity contribution in [1.29, 1.82) is 0 Å². The smallest absolute Gasteiger partial charge is 0.331 e. The molecule has 2 rings (SSSR count). The van der Waals surface area contributed by atoms with E-state index in [0.717, 1.165) is 0 Å². The Morgan fingerprint density at radius 3 is 2.90 bits per heavy atom. The van der Waals surface area contributed by atoms with Crippen LogP contribution in [0.2, 0.25) is 0 Å². The van der Waals surface area contributed by atoms with Crippen molar-refractivity contribution in [3.05, 3.63) is 60.3 Å². The largest absolute Gasteiger partial charge is 0.467 e. The molecule has 0 atom stereocenters. The summed E-state index contributed by atoms with van der Waals surface area (Å²) in [5.41, 5.74) is 0.636. The van der Waals surface area contributed by atoms with E-state index in [9.17, 15) is 9.59 Å². The number of pyridine rings is 1. The third-order valence-corrected chi connectivity index (χ3v) is 2.46. The van der Waals surface area contributed by atoms with Gasteiger partial charge in [0.1, 0.15) is 5.76 Å². The molecule has 2 aromatic heterocycles. The minimum Gasteiger partial charge on any atom is -0.467 e. The number of nitrogens with one attached hydrogen (secondary N) is 1. The van der Waals surface area contributed by atoms with Crippen LogP contribution in [-0.2, 0) is 20.9 Å². The number of carbonyl (C=O) groups is 2. The third-order valence-electron chi connectivity index (χ3n) is 2.46. The Balaban J connectivity index is 1.68. The van der Waals surface area contributed by atoms with Crippen molar-refractivity contribution in [2.45, 2.75) is 6.54 Å². The molecule has 0 aliphatic heterocycles. The van der Waals surface area contributed by atoms with Crippen molar-refractivity contribution < 1.29 is 18.7 Å². The van der Waals surface area contributed by atoms with E-state index in [-0.39, 0.29) is 13.2 Å². The fourth-order valence-corrected chi connectivity index (χ4v) is 1.46. The van der Waals surface area contributed by atoms with Gasteiger partial charge in [0.15, 0.2) is 6.61 Å². The van der Waals surface area contributed by atoms with Crippen LogP contribution in [0.5, 0.6) is 0 Å². The van der Waals surface area contributed by atoms with Gasteiger partial charge in [-0.05, 0) is 30.3 Å². The fourth-order valence-electron chi connectivity index (χ4n) is 1.46. The van der Waals surface area contributed by atoms with Gasteiger partial charge in [-0.2, -0.15) is 0 Å². The first-order valence-corrected chi connectivity index (χ1v) is 6.29. The van der Waals surface area contributed by atoms with E-state index >= 15 is 0 Å². The lowest BCUT2D eigenvalue weighted by atomic mass is 10.3. The van der Waals surface area contributed by atoms with Crippen LogP contribution in [0.4, 0.5) is 0 Å². The number of hydrogen-bond acceptors (Lipinski definition) is 5. The molecular formula is C15H14N2O4. The van der Waals surface area contributed by atoms with Crippen molar-refractivity contribution in [1.82, 2.24) is 10.3 Å². The van der Waals surface area contributed by atoms with E-state index in [1.165, 1.54) is 18.4 Å². The van der Waals surface area contributed by atoms with Gasteiger partial charge in [-0.1, -0.05) is 6.07 Å². The molecule has 0 aromatic carbocycles. The summed E-state index contributed by atoms with van der Waals surface area (Å²) < 4.78 is 9.86. The number of amides is 1. The van der Waals surface area contributed by atoms with Crippen molar-refractivity contribution in [3.63, 3.8) is 0 Å². The Labute approximate surface area is 121 Å². The predicted octanol–water partition coefficient (Wildman–Crippen LogP) is 1.55. The molecule has 0 unspecified atom stereocenters. The molecule has 108 valence electrons. The second-order valence-electron chi connectivity index (χ2n) is 4.05. The first-order chi connectivity index (χ1) is 10.2. The van der Waals surface area contributed by atoms with E-state index in [0.29, 0.717) is 11.5 Å². The summed E-state index contributed by atoms with van der Waals surface area (Å²) in [5, 5.41) is 2.57. The highest BCUT2D eigenvalue weighted by Crippen LogP contribution is 1.99. The van der Waals surface area contributed by atoms with Crippen LogP contribution in [0, 0.1) is 0 Å². The van der Waals surface area contributed by atoms with E-state index in [4.69, 9.17) is 9.15 Å². The lowest BCUT2D eigenvalue weighted by Gasteiger charge is -2.03. The van der Waals surface area contributed by atoms with Gasteiger partial charge >= 0.3 is 5.97 Å². The Bertz CT molecular complexity index is 606. The molecule has 0 aliphatic rings. The van der Waals surface area contributed by atoms with Gasteiger partial charge in [0.2, 0.25) is 0 Å². The number of carbonyl (C=O) groups excluding carboxylic acids is 2. The molecule has 0 spiro atoms. The van der Waals surface area contributed by atoms with Crippen molar-refractivity contribution in [3.8, 4) is 0 Å². The first kappa shape index (κ1) is 14.5. The summed E-state index contributed by atoms with van der Waals surface area (Å²) in [4.78, 5) is 26.9. The average molecular weight is 286 g/mol. The summed E-state index contributed by atoms with van der Waals surface area (Å²) in [7, 11) is 0. The molecule has 0 aliphatic carbocycles. The minimum atomic E-state index is -0.603. The van der Waals surface area contributed by atoms with Gasteiger partial charge in [-0.3, -0.25) is 9.78 Å². The molecule has 1 amide bonds. The molecule has 0 saturated heterocycles. The Morgan fingerprint density at radius 1 is 1.29 bits per heavy atom. The predicted molar refractivity (Wildman–Crippen MR) is 74.8 cm³/mol. The number of hydrogen-bond donors (Lipinski definition) is 1. The lowest BCUT2D eigenvalue weighted by Crippen LogP contribution is -2.27. The van der Waals surface area contributed by atoms with Gasteiger partial charge in [0, 0.05) is 12.3 Å². The average Bonchev–Trinajstić information content (AvgIpc) is 3.03. The Hall–Kier alpha value is -2.89. The zero-order chi connectivity index (χ0) is 14.9. The standard InChI is InChI=1S/C15H14N2O4/c18-14(17-10-13-5-3-9-20-13)11-21-15(19)7-6-12-4-1-2-8-16-12/h1-9H,10-11H2,(H,17,18). The fraction of sp³-hybridized carbons (Fsp3) is 0.133. The molecule has 0 radical (unpaired) electrons. The molecule has 2 aromatic rings. The number of aromatic nitrogens is 1. The van der Waals surface area contributed by atoms with Gasteiger partial charge in [-0.15, -0.1) is 0 Å². The SMILES string of the molecule is O=C(COC(=O)C=Cc1ccccn1)NCc1ccco1. The maximum Gasteiger partial charge on any atom is 0.331 e. The molecule has 6 heteroatoms. The van der Waals surface area contributed by atoms with Gasteiger partial charge in [0.25, 0.3) is 5.91 Å². The normalized spacial score (nSPS) is 10.5. The van der Waals surface area contributed by atoms with E-state index < -0.39 is 11.9 Å². The zero-order valence-corrected chi connectivity index (χ0v) is 11.2. The van der Waals surface area contributed by atoms with Crippen LogP contribution >= 0.6 is 0 Å². The molecule has 21 heavy (non-hydrogen) atoms. The van der Waals surface area contributed by atoms with Crippen LogP contribution < -0.4 is 5.32 Å². The van der Waals surface area contributed by atoms with Gasteiger partial charge in [0.05, 0.1) is 18.5 Å². The monoisotopic (exact) mass is 286 g/mol. The van der Waals surface area contributed by atoms with E-state index in [2.05, 4.69) is 10.3 Å². The second-order valence-corrected chi connectivity index (χ2v) is 4.05. The number of rotatable bonds is 6. The third kappa shape index (κ3) is 5.32. The maximum atomic E-state index is 11.5. The molecule has 0 bridgehead atoms. The molecule has 2 heterocycles.